The predicted octanol–water partition coefficient (Wildman–Crippen LogP) is 6.51. The first-order valence-electron chi connectivity index (χ1n) is 8.69. The van der Waals surface area contributed by atoms with Gasteiger partial charge in [-0.1, -0.05) is 47.8 Å². The maximum Gasteiger partial charge on any atom is 0.180 e. The molecule has 3 nitrogen and oxygen atoms in total. The number of nitrogens with one attached hydrogen (secondary N) is 1. The second-order valence-corrected chi connectivity index (χ2v) is 7.30. The average molecular weight is 417 g/mol. The summed E-state index contributed by atoms with van der Waals surface area (Å²) in [5, 5.41) is 5.11. The first-order chi connectivity index (χ1) is 12.4. The van der Waals surface area contributed by atoms with Gasteiger partial charge < -0.3 is 14.8 Å². The van der Waals surface area contributed by atoms with Crippen molar-refractivity contribution in [2.24, 2.45) is 0 Å². The largest absolute Gasteiger partial charge is 0.490 e. The molecular formula is C20H24Cl3NO2. The van der Waals surface area contributed by atoms with Gasteiger partial charge in [0.05, 0.1) is 11.6 Å². The van der Waals surface area contributed by atoms with E-state index in [-0.39, 0.29) is 6.61 Å². The Morgan fingerprint density at radius 3 is 2.42 bits per heavy atom. The van der Waals surface area contributed by atoms with Crippen LogP contribution in [0.5, 0.6) is 11.5 Å². The molecule has 2 rings (SSSR count). The highest BCUT2D eigenvalue weighted by atomic mass is 35.5. The molecule has 0 bridgehead atoms. The van der Waals surface area contributed by atoms with Gasteiger partial charge in [0.25, 0.3) is 0 Å². The van der Waals surface area contributed by atoms with Crippen LogP contribution in [0.2, 0.25) is 15.1 Å². The molecule has 0 radical (unpaired) electrons. The lowest BCUT2D eigenvalue weighted by Gasteiger charge is -2.17. The Hall–Kier alpha value is -1.13. The van der Waals surface area contributed by atoms with Crippen LogP contribution in [0.25, 0.3) is 0 Å². The van der Waals surface area contributed by atoms with Gasteiger partial charge in [0, 0.05) is 28.2 Å². The molecule has 0 saturated carbocycles. The highest BCUT2D eigenvalue weighted by Crippen LogP contribution is 2.37. The van der Waals surface area contributed by atoms with Crippen molar-refractivity contribution >= 4 is 34.8 Å². The summed E-state index contributed by atoms with van der Waals surface area (Å²) in [4.78, 5) is 0. The van der Waals surface area contributed by atoms with Crippen LogP contribution in [0.3, 0.4) is 0 Å². The summed E-state index contributed by atoms with van der Waals surface area (Å²) in [6, 6.07) is 9.61. The Balaban J connectivity index is 2.18. The summed E-state index contributed by atoms with van der Waals surface area (Å²) >= 11 is 18.6. The van der Waals surface area contributed by atoms with E-state index in [1.807, 2.05) is 25.1 Å². The monoisotopic (exact) mass is 415 g/mol. The molecule has 0 aliphatic heterocycles. The molecule has 2 aromatic carbocycles. The Morgan fingerprint density at radius 1 is 1.00 bits per heavy atom. The van der Waals surface area contributed by atoms with Crippen molar-refractivity contribution in [3.63, 3.8) is 0 Å². The van der Waals surface area contributed by atoms with Crippen LogP contribution in [0, 0.1) is 0 Å². The molecule has 0 heterocycles. The van der Waals surface area contributed by atoms with Crippen molar-refractivity contribution in [2.75, 3.05) is 6.61 Å². The van der Waals surface area contributed by atoms with Crippen molar-refractivity contribution in [1.82, 2.24) is 5.32 Å². The highest BCUT2D eigenvalue weighted by molar-refractivity contribution is 6.35. The molecule has 6 heteroatoms. The zero-order chi connectivity index (χ0) is 19.1. The molecule has 0 aromatic heterocycles. The Kier molecular flexibility index (Phi) is 8.36. The Labute approximate surface area is 170 Å². The van der Waals surface area contributed by atoms with Gasteiger partial charge in [-0.25, -0.2) is 0 Å². The summed E-state index contributed by atoms with van der Waals surface area (Å²) in [5.74, 6) is 1.15. The van der Waals surface area contributed by atoms with Crippen LogP contribution in [-0.4, -0.2) is 12.6 Å². The number of hydrogen-bond donors (Lipinski definition) is 1. The van der Waals surface area contributed by atoms with Crippen molar-refractivity contribution in [3.8, 4) is 11.5 Å². The third-order valence-electron chi connectivity index (χ3n) is 4.02. The molecule has 0 aliphatic rings. The molecule has 26 heavy (non-hydrogen) atoms. The van der Waals surface area contributed by atoms with Gasteiger partial charge in [-0.3, -0.25) is 0 Å². The highest BCUT2D eigenvalue weighted by Gasteiger charge is 2.14. The van der Waals surface area contributed by atoms with E-state index in [1.54, 1.807) is 12.1 Å². The fourth-order valence-electron chi connectivity index (χ4n) is 2.35. The van der Waals surface area contributed by atoms with Crippen LogP contribution >= 0.6 is 34.8 Å². The van der Waals surface area contributed by atoms with Crippen LogP contribution in [-0.2, 0) is 13.2 Å². The third kappa shape index (κ3) is 5.95. The minimum atomic E-state index is 0.278. The lowest BCUT2D eigenvalue weighted by Crippen LogP contribution is -2.24. The quantitative estimate of drug-likeness (QED) is 0.505. The standard InChI is InChI=1S/C20H24Cl3NO2/c1-4-13(3)24-11-14-8-18(23)20(19(9-14)25-5-2)26-12-15-6-7-16(21)10-17(15)22/h6-10,13,24H,4-5,11-12H2,1-3H3/t13-/m0/s1. The number of hydrogen-bond acceptors (Lipinski definition) is 3. The summed E-state index contributed by atoms with van der Waals surface area (Å²) in [7, 11) is 0. The smallest absolute Gasteiger partial charge is 0.180 e. The lowest BCUT2D eigenvalue weighted by atomic mass is 10.1. The van der Waals surface area contributed by atoms with E-state index in [4.69, 9.17) is 44.3 Å². The Morgan fingerprint density at radius 2 is 1.77 bits per heavy atom. The Bertz CT molecular complexity index is 737. The van der Waals surface area contributed by atoms with Crippen molar-refractivity contribution in [2.45, 2.75) is 46.4 Å². The predicted molar refractivity (Wildman–Crippen MR) is 110 cm³/mol. The minimum Gasteiger partial charge on any atom is -0.490 e. The van der Waals surface area contributed by atoms with Gasteiger partial charge >= 0.3 is 0 Å². The molecule has 2 aromatic rings. The van der Waals surface area contributed by atoms with E-state index in [2.05, 4.69) is 19.2 Å². The molecular weight excluding hydrogens is 393 g/mol. The zero-order valence-corrected chi connectivity index (χ0v) is 17.5. The molecule has 0 aliphatic carbocycles. The van der Waals surface area contributed by atoms with E-state index in [0.717, 1.165) is 24.1 Å². The van der Waals surface area contributed by atoms with Crippen LogP contribution in [0.15, 0.2) is 30.3 Å². The summed E-state index contributed by atoms with van der Waals surface area (Å²) in [6.07, 6.45) is 1.06. The van der Waals surface area contributed by atoms with Gasteiger partial charge in [0.1, 0.15) is 6.61 Å². The summed E-state index contributed by atoms with van der Waals surface area (Å²) < 4.78 is 11.7. The van der Waals surface area contributed by atoms with Crippen LogP contribution in [0.4, 0.5) is 0 Å². The normalized spacial score (nSPS) is 12.1. The number of ether oxygens (including phenoxy) is 2. The molecule has 1 atom stereocenters. The fourth-order valence-corrected chi connectivity index (χ4v) is 3.10. The number of rotatable bonds is 9. The van der Waals surface area contributed by atoms with E-state index in [9.17, 15) is 0 Å². The molecule has 0 saturated heterocycles. The lowest BCUT2D eigenvalue weighted by molar-refractivity contribution is 0.269. The molecule has 0 unspecified atom stereocenters. The van der Waals surface area contributed by atoms with Gasteiger partial charge in [-0.15, -0.1) is 0 Å². The van der Waals surface area contributed by atoms with Gasteiger partial charge in [-0.2, -0.15) is 0 Å². The van der Waals surface area contributed by atoms with Gasteiger partial charge in [0.2, 0.25) is 0 Å². The first kappa shape index (κ1) is 21.2. The maximum atomic E-state index is 6.46. The third-order valence-corrected chi connectivity index (χ3v) is 4.89. The molecule has 1 N–H and O–H groups in total. The van der Waals surface area contributed by atoms with Gasteiger partial charge in [0.15, 0.2) is 11.5 Å². The van der Waals surface area contributed by atoms with Crippen LogP contribution < -0.4 is 14.8 Å². The number of halogens is 3. The van der Waals surface area contributed by atoms with E-state index >= 15 is 0 Å². The second-order valence-electron chi connectivity index (χ2n) is 6.05. The molecule has 142 valence electrons. The van der Waals surface area contributed by atoms with E-state index in [0.29, 0.717) is 39.2 Å². The van der Waals surface area contributed by atoms with Crippen molar-refractivity contribution < 1.29 is 9.47 Å². The molecule has 0 amide bonds. The minimum absolute atomic E-state index is 0.278. The van der Waals surface area contributed by atoms with Crippen LogP contribution in [0.1, 0.15) is 38.3 Å². The first-order valence-corrected chi connectivity index (χ1v) is 9.83. The summed E-state index contributed by atoms with van der Waals surface area (Å²) in [5.41, 5.74) is 1.88. The molecule has 0 fully saturated rings. The molecule has 0 spiro atoms. The average Bonchev–Trinajstić information content (AvgIpc) is 2.60. The SMILES string of the molecule is CCOc1cc(CN[C@@H](C)CC)cc(Cl)c1OCc1ccc(Cl)cc1Cl. The topological polar surface area (TPSA) is 30.5 Å². The zero-order valence-electron chi connectivity index (χ0n) is 15.2. The van der Waals surface area contributed by atoms with Crippen molar-refractivity contribution in [1.29, 1.82) is 0 Å². The van der Waals surface area contributed by atoms with Crippen molar-refractivity contribution in [3.05, 3.63) is 56.5 Å². The van der Waals surface area contributed by atoms with Gasteiger partial charge in [-0.05, 0) is 50.1 Å². The maximum absolute atomic E-state index is 6.46. The van der Waals surface area contributed by atoms with E-state index < -0.39 is 0 Å². The van der Waals surface area contributed by atoms with E-state index in [1.165, 1.54) is 0 Å². The fraction of sp³-hybridized carbons (Fsp3) is 0.400. The summed E-state index contributed by atoms with van der Waals surface area (Å²) in [6.45, 7) is 7.75. The number of benzene rings is 2. The second kappa shape index (κ2) is 10.3.